The normalized spacial score (nSPS) is 25.4. The second-order valence-corrected chi connectivity index (χ2v) is 5.30. The first-order valence-electron chi connectivity index (χ1n) is 7.20. The summed E-state index contributed by atoms with van der Waals surface area (Å²) >= 11 is 0. The van der Waals surface area contributed by atoms with Gasteiger partial charge in [-0.25, -0.2) is 0 Å². The fraction of sp³-hybridized carbons (Fsp3) is 1.00. The Morgan fingerprint density at radius 2 is 2.18 bits per heavy atom. The summed E-state index contributed by atoms with van der Waals surface area (Å²) in [6.45, 7) is 5.46. The molecule has 0 aromatic carbocycles. The van der Waals surface area contributed by atoms with Crippen molar-refractivity contribution in [3.63, 3.8) is 0 Å². The molecule has 0 aromatic heterocycles. The fourth-order valence-electron chi connectivity index (χ4n) is 2.74. The highest BCUT2D eigenvalue weighted by Gasteiger charge is 2.23. The number of methoxy groups -OCH3 is 1. The van der Waals surface area contributed by atoms with E-state index in [2.05, 4.69) is 24.2 Å². The molecule has 0 radical (unpaired) electrons. The summed E-state index contributed by atoms with van der Waals surface area (Å²) in [5, 5.41) is 3.67. The molecule has 3 heteroatoms. The molecule has 0 bridgehead atoms. The van der Waals surface area contributed by atoms with Gasteiger partial charge in [0.1, 0.15) is 0 Å². The average molecular weight is 242 g/mol. The van der Waals surface area contributed by atoms with Gasteiger partial charge in [-0.15, -0.1) is 0 Å². The molecule has 2 unspecified atom stereocenters. The van der Waals surface area contributed by atoms with E-state index in [0.29, 0.717) is 0 Å². The smallest absolute Gasteiger partial charge is 0.0474 e. The van der Waals surface area contributed by atoms with E-state index in [-0.39, 0.29) is 0 Å². The van der Waals surface area contributed by atoms with Gasteiger partial charge >= 0.3 is 0 Å². The highest BCUT2D eigenvalue weighted by atomic mass is 16.5. The van der Waals surface area contributed by atoms with Crippen LogP contribution in [0.5, 0.6) is 0 Å². The van der Waals surface area contributed by atoms with Crippen LogP contribution in [-0.2, 0) is 4.74 Å². The topological polar surface area (TPSA) is 24.5 Å². The molecule has 0 aromatic rings. The lowest BCUT2D eigenvalue weighted by molar-refractivity contribution is 0.140. The van der Waals surface area contributed by atoms with Crippen molar-refractivity contribution in [2.24, 2.45) is 0 Å². The van der Waals surface area contributed by atoms with E-state index < -0.39 is 0 Å². The third kappa shape index (κ3) is 5.84. The lowest BCUT2D eigenvalue weighted by Gasteiger charge is -2.35. The van der Waals surface area contributed by atoms with E-state index in [4.69, 9.17) is 4.74 Å². The highest BCUT2D eigenvalue weighted by molar-refractivity contribution is 4.82. The number of nitrogens with one attached hydrogen (secondary N) is 1. The maximum Gasteiger partial charge on any atom is 0.0474 e. The summed E-state index contributed by atoms with van der Waals surface area (Å²) in [7, 11) is 4.05. The van der Waals surface area contributed by atoms with Crippen LogP contribution in [0.4, 0.5) is 0 Å². The number of rotatable bonds is 8. The summed E-state index contributed by atoms with van der Waals surface area (Å²) in [4.78, 5) is 2.53. The standard InChI is InChI=1S/C14H30N2O/c1-4-9-15-13-7-5-8-14(12-13)16(2)10-6-11-17-3/h13-15H,4-12H2,1-3H3. The maximum atomic E-state index is 5.11. The Kier molecular flexibility index (Phi) is 7.82. The lowest BCUT2D eigenvalue weighted by atomic mass is 9.90. The van der Waals surface area contributed by atoms with Gasteiger partial charge in [-0.1, -0.05) is 13.3 Å². The van der Waals surface area contributed by atoms with Crippen molar-refractivity contribution in [1.29, 1.82) is 0 Å². The Hall–Kier alpha value is -0.120. The van der Waals surface area contributed by atoms with Crippen molar-refractivity contribution in [2.45, 2.75) is 57.5 Å². The quantitative estimate of drug-likeness (QED) is 0.661. The SMILES string of the molecule is CCCNC1CCCC(N(C)CCCOC)C1. The van der Waals surface area contributed by atoms with Gasteiger partial charge in [-0.2, -0.15) is 0 Å². The highest BCUT2D eigenvalue weighted by Crippen LogP contribution is 2.22. The molecule has 0 amide bonds. The minimum atomic E-state index is 0.749. The first kappa shape index (κ1) is 14.9. The van der Waals surface area contributed by atoms with Gasteiger partial charge in [0.25, 0.3) is 0 Å². The monoisotopic (exact) mass is 242 g/mol. The zero-order valence-electron chi connectivity index (χ0n) is 11.9. The third-order valence-electron chi connectivity index (χ3n) is 3.81. The number of ether oxygens (including phenoxy) is 1. The van der Waals surface area contributed by atoms with E-state index >= 15 is 0 Å². The number of hydrogen-bond acceptors (Lipinski definition) is 3. The molecule has 1 aliphatic carbocycles. The summed E-state index contributed by atoms with van der Waals surface area (Å²) in [6, 6.07) is 1.52. The third-order valence-corrected chi connectivity index (χ3v) is 3.81. The summed E-state index contributed by atoms with van der Waals surface area (Å²) in [5.74, 6) is 0. The fourth-order valence-corrected chi connectivity index (χ4v) is 2.74. The minimum Gasteiger partial charge on any atom is -0.385 e. The van der Waals surface area contributed by atoms with Crippen LogP contribution in [0.25, 0.3) is 0 Å². The number of hydrogen-bond donors (Lipinski definition) is 1. The molecule has 102 valence electrons. The first-order valence-corrected chi connectivity index (χ1v) is 7.20. The van der Waals surface area contributed by atoms with Crippen molar-refractivity contribution in [3.8, 4) is 0 Å². The Morgan fingerprint density at radius 3 is 2.88 bits per heavy atom. The summed E-state index contributed by atoms with van der Waals surface area (Å²) < 4.78 is 5.11. The maximum absolute atomic E-state index is 5.11. The van der Waals surface area contributed by atoms with Gasteiger partial charge in [-0.3, -0.25) is 0 Å². The zero-order chi connectivity index (χ0) is 12.5. The largest absolute Gasteiger partial charge is 0.385 e. The van der Waals surface area contributed by atoms with Crippen LogP contribution in [-0.4, -0.2) is 50.8 Å². The molecule has 17 heavy (non-hydrogen) atoms. The molecule has 0 spiro atoms. The van der Waals surface area contributed by atoms with Crippen LogP contribution in [0.2, 0.25) is 0 Å². The molecule has 1 aliphatic rings. The molecule has 1 rings (SSSR count). The second kappa shape index (κ2) is 8.90. The molecule has 0 heterocycles. The van der Waals surface area contributed by atoms with Crippen LogP contribution in [0.15, 0.2) is 0 Å². The van der Waals surface area contributed by atoms with E-state index in [1.54, 1.807) is 7.11 Å². The molecule has 2 atom stereocenters. The Balaban J connectivity index is 2.22. The van der Waals surface area contributed by atoms with E-state index in [9.17, 15) is 0 Å². The Bertz CT molecular complexity index is 187. The van der Waals surface area contributed by atoms with Crippen molar-refractivity contribution < 1.29 is 4.74 Å². The van der Waals surface area contributed by atoms with E-state index in [1.165, 1.54) is 45.2 Å². The molecule has 0 saturated heterocycles. The molecule has 1 fully saturated rings. The van der Waals surface area contributed by atoms with Crippen LogP contribution in [0.1, 0.15) is 45.4 Å². The number of nitrogens with zero attached hydrogens (tertiary/aromatic N) is 1. The molecule has 1 saturated carbocycles. The molecule has 0 aliphatic heterocycles. The van der Waals surface area contributed by atoms with Crippen molar-refractivity contribution in [1.82, 2.24) is 10.2 Å². The minimum absolute atomic E-state index is 0.749. The Labute approximate surface area is 107 Å². The average Bonchev–Trinajstić information content (AvgIpc) is 2.37. The molecule has 1 N–H and O–H groups in total. The van der Waals surface area contributed by atoms with Crippen LogP contribution in [0, 0.1) is 0 Å². The van der Waals surface area contributed by atoms with Crippen molar-refractivity contribution in [2.75, 3.05) is 33.9 Å². The summed E-state index contributed by atoms with van der Waals surface area (Å²) in [6.07, 6.45) is 7.82. The lowest BCUT2D eigenvalue weighted by Crippen LogP contribution is -2.43. The van der Waals surface area contributed by atoms with Gasteiger partial charge in [0.2, 0.25) is 0 Å². The van der Waals surface area contributed by atoms with Gasteiger partial charge in [0.05, 0.1) is 0 Å². The summed E-state index contributed by atoms with van der Waals surface area (Å²) in [5.41, 5.74) is 0. The van der Waals surface area contributed by atoms with Gasteiger partial charge in [-0.05, 0) is 45.7 Å². The van der Waals surface area contributed by atoms with E-state index in [0.717, 1.165) is 25.1 Å². The van der Waals surface area contributed by atoms with Crippen LogP contribution >= 0.6 is 0 Å². The first-order chi connectivity index (χ1) is 8.27. The van der Waals surface area contributed by atoms with Crippen LogP contribution in [0.3, 0.4) is 0 Å². The zero-order valence-corrected chi connectivity index (χ0v) is 11.9. The predicted octanol–water partition coefficient (Wildman–Crippen LogP) is 2.27. The van der Waals surface area contributed by atoms with Crippen LogP contribution < -0.4 is 5.32 Å². The van der Waals surface area contributed by atoms with E-state index in [1.807, 2.05) is 0 Å². The second-order valence-electron chi connectivity index (χ2n) is 5.30. The van der Waals surface area contributed by atoms with Gasteiger partial charge < -0.3 is 15.0 Å². The molecule has 3 nitrogen and oxygen atoms in total. The molecular formula is C14H30N2O. The van der Waals surface area contributed by atoms with Gasteiger partial charge in [0.15, 0.2) is 0 Å². The predicted molar refractivity (Wildman–Crippen MR) is 73.5 cm³/mol. The van der Waals surface area contributed by atoms with Crippen molar-refractivity contribution in [3.05, 3.63) is 0 Å². The Morgan fingerprint density at radius 1 is 1.35 bits per heavy atom. The van der Waals surface area contributed by atoms with Gasteiger partial charge in [0, 0.05) is 32.3 Å². The molecular weight excluding hydrogens is 212 g/mol. The van der Waals surface area contributed by atoms with Crippen molar-refractivity contribution >= 4 is 0 Å².